The molecule has 5 aliphatic carbocycles. The summed E-state index contributed by atoms with van der Waals surface area (Å²) in [7, 11) is 0. The monoisotopic (exact) mass is 553 g/mol. The van der Waals surface area contributed by atoms with Gasteiger partial charge in [-0.05, 0) is 136 Å². The molecule has 0 amide bonds. The minimum Gasteiger partial charge on any atom is -0.310 e. The van der Waals surface area contributed by atoms with Crippen molar-refractivity contribution in [3.8, 4) is 11.1 Å². The van der Waals surface area contributed by atoms with Gasteiger partial charge < -0.3 is 4.90 Å². The molecule has 4 saturated carbocycles. The summed E-state index contributed by atoms with van der Waals surface area (Å²) < 4.78 is 0. The number of anilines is 3. The van der Waals surface area contributed by atoms with Crippen LogP contribution in [0.1, 0.15) is 43.2 Å². The second-order valence-electron chi connectivity index (χ2n) is 13.8. The van der Waals surface area contributed by atoms with Crippen molar-refractivity contribution < 1.29 is 0 Å². The van der Waals surface area contributed by atoms with Gasteiger partial charge >= 0.3 is 0 Å². The summed E-state index contributed by atoms with van der Waals surface area (Å²) in [5.41, 5.74) is 10.0. The average Bonchev–Trinajstić information content (AvgIpc) is 3.33. The van der Waals surface area contributed by atoms with E-state index in [9.17, 15) is 0 Å². The number of hydrogen-bond acceptors (Lipinski definition) is 1. The van der Waals surface area contributed by atoms with Crippen molar-refractivity contribution in [1.29, 1.82) is 0 Å². The smallest absolute Gasteiger partial charge is 0.0468 e. The first-order chi connectivity index (χ1) is 21.3. The number of benzene rings is 6. The molecule has 0 atom stereocenters. The maximum Gasteiger partial charge on any atom is 0.0468 e. The Morgan fingerprint density at radius 2 is 0.907 bits per heavy atom. The Balaban J connectivity index is 1.21. The van der Waals surface area contributed by atoms with E-state index in [1.165, 1.54) is 81.8 Å². The molecule has 0 N–H and O–H groups in total. The molecule has 1 heteroatoms. The molecule has 11 rings (SSSR count). The van der Waals surface area contributed by atoms with E-state index in [-0.39, 0.29) is 5.41 Å². The molecule has 0 radical (unpaired) electrons. The Morgan fingerprint density at radius 1 is 0.419 bits per heavy atom. The van der Waals surface area contributed by atoms with E-state index in [0.29, 0.717) is 0 Å². The Morgan fingerprint density at radius 3 is 1.53 bits per heavy atom. The van der Waals surface area contributed by atoms with Crippen LogP contribution in [0, 0.1) is 23.7 Å². The van der Waals surface area contributed by atoms with Crippen molar-refractivity contribution >= 4 is 38.6 Å². The summed E-state index contributed by atoms with van der Waals surface area (Å²) in [5, 5.41) is 5.11. The Kier molecular flexibility index (Phi) is 4.95. The molecule has 6 aromatic rings. The summed E-state index contributed by atoms with van der Waals surface area (Å²) in [6, 6.07) is 48.2. The Labute approximate surface area is 253 Å². The first-order valence-corrected chi connectivity index (χ1v) is 16.3. The van der Waals surface area contributed by atoms with Crippen LogP contribution in [0.3, 0.4) is 0 Å². The Bertz CT molecular complexity index is 1960. The third kappa shape index (κ3) is 3.34. The van der Waals surface area contributed by atoms with Crippen molar-refractivity contribution in [3.63, 3.8) is 0 Å². The number of hydrogen-bond donors (Lipinski definition) is 0. The molecule has 0 unspecified atom stereocenters. The summed E-state index contributed by atoms with van der Waals surface area (Å²) in [4.78, 5) is 2.51. The lowest BCUT2D eigenvalue weighted by molar-refractivity contribution is -0.0399. The van der Waals surface area contributed by atoms with E-state index in [0.717, 1.165) is 23.7 Å². The van der Waals surface area contributed by atoms with Crippen molar-refractivity contribution in [1.82, 2.24) is 0 Å². The first-order valence-electron chi connectivity index (χ1n) is 16.3. The third-order valence-electron chi connectivity index (χ3n) is 11.8. The molecular formula is C42H35N. The standard InChI is InChI=1S/C42H35N/c1-3-9-31-24-35(15-13-29(31)7-1)43(36-16-14-30-8-2-4-10-32(30)25-36)37-17-18-39-38-11-5-6-12-40(38)42(41(39)26-37)33-20-27-19-28(22-33)23-34(42)21-27/h1-18,24-28,33-34H,19-23H2. The molecule has 1 nitrogen and oxygen atoms in total. The highest BCUT2D eigenvalue weighted by Crippen LogP contribution is 2.69. The van der Waals surface area contributed by atoms with E-state index >= 15 is 0 Å². The molecule has 6 aromatic carbocycles. The van der Waals surface area contributed by atoms with Crippen LogP contribution in [-0.2, 0) is 5.41 Å². The molecule has 0 aliphatic heterocycles. The lowest BCUT2D eigenvalue weighted by Crippen LogP contribution is -2.55. The van der Waals surface area contributed by atoms with E-state index in [4.69, 9.17) is 0 Å². The topological polar surface area (TPSA) is 3.24 Å². The van der Waals surface area contributed by atoms with Crippen LogP contribution in [0.25, 0.3) is 32.7 Å². The molecule has 4 fully saturated rings. The fourth-order valence-electron chi connectivity index (χ4n) is 10.4. The van der Waals surface area contributed by atoms with Gasteiger partial charge in [0.25, 0.3) is 0 Å². The number of fused-ring (bicyclic) bond motifs is 5. The second kappa shape index (κ2) is 8.83. The number of nitrogens with zero attached hydrogens (tertiary/aromatic N) is 1. The SMILES string of the molecule is c1ccc2c(c1)-c1ccc(N(c3ccc4ccccc4c3)c3ccc4ccccc4c3)cc1C21C2CC3CC(C2)CC1C3. The van der Waals surface area contributed by atoms with Crippen molar-refractivity contribution in [2.45, 2.75) is 37.5 Å². The molecule has 0 heterocycles. The van der Waals surface area contributed by atoms with Gasteiger partial charge in [-0.25, -0.2) is 0 Å². The van der Waals surface area contributed by atoms with E-state index in [1.807, 2.05) is 0 Å². The van der Waals surface area contributed by atoms with Gasteiger partial charge in [0.15, 0.2) is 0 Å². The van der Waals surface area contributed by atoms with Crippen LogP contribution in [-0.4, -0.2) is 0 Å². The fraction of sp³-hybridized carbons (Fsp3) is 0.238. The Hall–Kier alpha value is -4.36. The zero-order valence-corrected chi connectivity index (χ0v) is 24.4. The van der Waals surface area contributed by atoms with Crippen LogP contribution in [0.15, 0.2) is 127 Å². The van der Waals surface area contributed by atoms with Crippen molar-refractivity contribution in [2.75, 3.05) is 4.90 Å². The quantitative estimate of drug-likeness (QED) is 0.211. The van der Waals surface area contributed by atoms with Crippen molar-refractivity contribution in [3.05, 3.63) is 139 Å². The first kappa shape index (κ1) is 24.1. The zero-order chi connectivity index (χ0) is 28.1. The molecular weight excluding hydrogens is 518 g/mol. The van der Waals surface area contributed by atoms with Crippen molar-refractivity contribution in [2.24, 2.45) is 23.7 Å². The van der Waals surface area contributed by atoms with Gasteiger partial charge in [-0.15, -0.1) is 0 Å². The highest BCUT2D eigenvalue weighted by Gasteiger charge is 2.61. The van der Waals surface area contributed by atoms with E-state index < -0.39 is 0 Å². The van der Waals surface area contributed by atoms with Gasteiger partial charge in [0.1, 0.15) is 0 Å². The minimum absolute atomic E-state index is 0.161. The van der Waals surface area contributed by atoms with Gasteiger partial charge in [0.2, 0.25) is 0 Å². The fourth-order valence-corrected chi connectivity index (χ4v) is 10.4. The molecule has 1 spiro atoms. The largest absolute Gasteiger partial charge is 0.310 e. The van der Waals surface area contributed by atoms with Crippen LogP contribution >= 0.6 is 0 Å². The third-order valence-corrected chi connectivity index (χ3v) is 11.8. The van der Waals surface area contributed by atoms with Crippen LogP contribution < -0.4 is 4.90 Å². The predicted octanol–water partition coefficient (Wildman–Crippen LogP) is 11.2. The van der Waals surface area contributed by atoms with Gasteiger partial charge in [-0.2, -0.15) is 0 Å². The highest BCUT2D eigenvalue weighted by atomic mass is 15.1. The molecule has 43 heavy (non-hydrogen) atoms. The van der Waals surface area contributed by atoms with Crippen LogP contribution in [0.4, 0.5) is 17.1 Å². The summed E-state index contributed by atoms with van der Waals surface area (Å²) in [5.74, 6) is 3.41. The predicted molar refractivity (Wildman–Crippen MR) is 179 cm³/mol. The lowest BCUT2D eigenvalue weighted by atomic mass is 9.43. The summed E-state index contributed by atoms with van der Waals surface area (Å²) in [6.45, 7) is 0. The minimum atomic E-state index is 0.161. The van der Waals surface area contributed by atoms with Gasteiger partial charge in [-0.1, -0.05) is 91.0 Å². The molecule has 5 aliphatic rings. The van der Waals surface area contributed by atoms with E-state index in [1.54, 1.807) is 11.1 Å². The van der Waals surface area contributed by atoms with Crippen LogP contribution in [0.5, 0.6) is 0 Å². The lowest BCUT2D eigenvalue weighted by Gasteiger charge is -2.61. The number of rotatable bonds is 3. The van der Waals surface area contributed by atoms with Gasteiger partial charge in [0.05, 0.1) is 0 Å². The summed E-state index contributed by atoms with van der Waals surface area (Å²) in [6.07, 6.45) is 7.11. The molecule has 0 saturated heterocycles. The zero-order valence-electron chi connectivity index (χ0n) is 24.4. The molecule has 4 bridgehead atoms. The van der Waals surface area contributed by atoms with E-state index in [2.05, 4.69) is 132 Å². The maximum absolute atomic E-state index is 2.61. The summed E-state index contributed by atoms with van der Waals surface area (Å²) >= 11 is 0. The second-order valence-corrected chi connectivity index (χ2v) is 13.8. The molecule has 208 valence electrons. The normalized spacial score (nSPS) is 26.2. The van der Waals surface area contributed by atoms with Gasteiger partial charge in [0, 0.05) is 22.5 Å². The average molecular weight is 554 g/mol. The molecule has 0 aromatic heterocycles. The van der Waals surface area contributed by atoms with Gasteiger partial charge in [-0.3, -0.25) is 0 Å². The maximum atomic E-state index is 2.61. The highest BCUT2D eigenvalue weighted by molar-refractivity contribution is 5.93. The van der Waals surface area contributed by atoms with Crippen LogP contribution in [0.2, 0.25) is 0 Å².